The van der Waals surface area contributed by atoms with E-state index in [1.807, 2.05) is 42.5 Å². The highest BCUT2D eigenvalue weighted by Gasteiger charge is 2.21. The lowest BCUT2D eigenvalue weighted by Gasteiger charge is -2.11. The van der Waals surface area contributed by atoms with Crippen molar-refractivity contribution in [3.8, 4) is 0 Å². The smallest absolute Gasteiger partial charge is 0.271 e. The van der Waals surface area contributed by atoms with Gasteiger partial charge in [0.15, 0.2) is 4.96 Å². The number of hydrogen-bond donors (Lipinski definition) is 1. The van der Waals surface area contributed by atoms with E-state index in [1.54, 1.807) is 15.7 Å². The Hall–Kier alpha value is -2.99. The molecule has 0 radical (unpaired) electrons. The molecule has 2 aromatic carbocycles. The number of hydrogen-bond acceptors (Lipinski definition) is 4. The number of carbonyl (C=O) groups is 1. The molecule has 27 heavy (non-hydrogen) atoms. The number of anilines is 1. The van der Waals surface area contributed by atoms with Crippen molar-refractivity contribution < 1.29 is 4.79 Å². The van der Waals surface area contributed by atoms with Crippen molar-refractivity contribution in [2.75, 3.05) is 5.32 Å². The Morgan fingerprint density at radius 1 is 1.07 bits per heavy atom. The van der Waals surface area contributed by atoms with Crippen LogP contribution in [-0.4, -0.2) is 15.3 Å². The van der Waals surface area contributed by atoms with E-state index in [-0.39, 0.29) is 11.1 Å². The van der Waals surface area contributed by atoms with Crippen molar-refractivity contribution in [1.29, 1.82) is 0 Å². The summed E-state index contributed by atoms with van der Waals surface area (Å²) in [5, 5.41) is 4.87. The number of carbonyl (C=O) groups excluding carboxylic acids is 1. The Morgan fingerprint density at radius 3 is 2.81 bits per heavy atom. The maximum atomic E-state index is 13.0. The van der Waals surface area contributed by atoms with E-state index in [0.717, 1.165) is 42.1 Å². The summed E-state index contributed by atoms with van der Waals surface area (Å²) in [6.07, 6.45) is 5.46. The number of nitrogens with zero attached hydrogens (tertiary/aromatic N) is 2. The fourth-order valence-corrected chi connectivity index (χ4v) is 4.92. The molecule has 6 heteroatoms. The highest BCUT2D eigenvalue weighted by atomic mass is 32.1. The average molecular weight is 375 g/mol. The lowest BCUT2D eigenvalue weighted by molar-refractivity contribution is 0.102. The number of aryl methyl sites for hydroxylation is 2. The van der Waals surface area contributed by atoms with Gasteiger partial charge < -0.3 is 5.32 Å². The van der Waals surface area contributed by atoms with Gasteiger partial charge in [-0.2, -0.15) is 0 Å². The summed E-state index contributed by atoms with van der Waals surface area (Å²) in [5.74, 6) is -0.422. The summed E-state index contributed by atoms with van der Waals surface area (Å²) in [4.78, 5) is 32.2. The Balaban J connectivity index is 1.58. The van der Waals surface area contributed by atoms with Crippen molar-refractivity contribution in [2.45, 2.75) is 25.7 Å². The van der Waals surface area contributed by atoms with Crippen LogP contribution >= 0.6 is 11.3 Å². The summed E-state index contributed by atoms with van der Waals surface area (Å²) in [6.45, 7) is 0. The number of fused-ring (bicyclic) bond motifs is 4. The summed E-state index contributed by atoms with van der Waals surface area (Å²) in [7, 11) is 0. The third kappa shape index (κ3) is 2.64. The van der Waals surface area contributed by atoms with Crippen LogP contribution in [0.25, 0.3) is 15.7 Å². The number of benzene rings is 2. The molecule has 134 valence electrons. The van der Waals surface area contributed by atoms with Gasteiger partial charge in [0.2, 0.25) is 0 Å². The number of aromatic nitrogens is 2. The molecule has 4 aromatic rings. The van der Waals surface area contributed by atoms with E-state index in [2.05, 4.69) is 10.3 Å². The monoisotopic (exact) mass is 375 g/mol. The van der Waals surface area contributed by atoms with E-state index in [0.29, 0.717) is 10.6 Å². The first-order valence-electron chi connectivity index (χ1n) is 9.04. The van der Waals surface area contributed by atoms with Crippen molar-refractivity contribution >= 4 is 38.7 Å². The molecule has 0 bridgehead atoms. The van der Waals surface area contributed by atoms with Crippen molar-refractivity contribution in [3.05, 3.63) is 75.1 Å². The fraction of sp³-hybridized carbons (Fsp3) is 0.190. The summed E-state index contributed by atoms with van der Waals surface area (Å²) < 4.78 is 1.64. The molecule has 5 rings (SSSR count). The topological polar surface area (TPSA) is 63.5 Å². The predicted molar refractivity (Wildman–Crippen MR) is 108 cm³/mol. The SMILES string of the molecule is O=C(Nc1cccc2ccccc12)c1cnc2sc3c(n2c1=O)CCCC3. The third-order valence-electron chi connectivity index (χ3n) is 5.09. The third-order valence-corrected chi connectivity index (χ3v) is 6.24. The van der Waals surface area contributed by atoms with E-state index in [4.69, 9.17) is 0 Å². The van der Waals surface area contributed by atoms with Crippen LogP contribution in [0.1, 0.15) is 33.8 Å². The molecule has 5 nitrogen and oxygen atoms in total. The maximum absolute atomic E-state index is 13.0. The average Bonchev–Trinajstić information content (AvgIpc) is 3.08. The minimum absolute atomic E-state index is 0.0756. The van der Waals surface area contributed by atoms with Crippen LogP contribution in [0, 0.1) is 0 Å². The number of nitrogens with one attached hydrogen (secondary N) is 1. The van der Waals surface area contributed by atoms with Crippen LogP contribution in [-0.2, 0) is 12.8 Å². The molecular formula is C21H17N3O2S. The van der Waals surface area contributed by atoms with Crippen molar-refractivity contribution in [3.63, 3.8) is 0 Å². The molecule has 2 aromatic heterocycles. The van der Waals surface area contributed by atoms with Gasteiger partial charge in [-0.05, 0) is 37.1 Å². The molecular weight excluding hydrogens is 358 g/mol. The first-order valence-corrected chi connectivity index (χ1v) is 9.85. The van der Waals surface area contributed by atoms with Gasteiger partial charge in [0.05, 0.1) is 0 Å². The maximum Gasteiger partial charge on any atom is 0.271 e. The molecule has 1 aliphatic rings. The highest BCUT2D eigenvalue weighted by molar-refractivity contribution is 7.17. The quantitative estimate of drug-likeness (QED) is 0.575. The van der Waals surface area contributed by atoms with Crippen molar-refractivity contribution in [1.82, 2.24) is 9.38 Å². The van der Waals surface area contributed by atoms with Crippen LogP contribution in [0.4, 0.5) is 5.69 Å². The Labute approximate surface area is 159 Å². The molecule has 0 unspecified atom stereocenters. The summed E-state index contributed by atoms with van der Waals surface area (Å²) in [6, 6.07) is 13.6. The van der Waals surface area contributed by atoms with Gasteiger partial charge >= 0.3 is 0 Å². The van der Waals surface area contributed by atoms with Crippen LogP contribution in [0.3, 0.4) is 0 Å². The van der Waals surface area contributed by atoms with E-state index in [1.165, 1.54) is 11.1 Å². The first kappa shape index (κ1) is 16.2. The van der Waals surface area contributed by atoms with E-state index >= 15 is 0 Å². The van der Waals surface area contributed by atoms with Crippen molar-refractivity contribution in [2.24, 2.45) is 0 Å². The Kier molecular flexibility index (Phi) is 3.79. The minimum atomic E-state index is -0.422. The number of thiazole rings is 1. The summed E-state index contributed by atoms with van der Waals surface area (Å²) in [5.41, 5.74) is 1.51. The normalized spacial score (nSPS) is 13.6. The largest absolute Gasteiger partial charge is 0.321 e. The zero-order chi connectivity index (χ0) is 18.4. The Morgan fingerprint density at radius 2 is 1.89 bits per heavy atom. The van der Waals surface area contributed by atoms with Gasteiger partial charge in [0.25, 0.3) is 11.5 Å². The van der Waals surface area contributed by atoms with E-state index in [9.17, 15) is 9.59 Å². The molecule has 1 N–H and O–H groups in total. The minimum Gasteiger partial charge on any atom is -0.321 e. The molecule has 1 aliphatic carbocycles. The zero-order valence-corrected chi connectivity index (χ0v) is 15.4. The molecule has 0 atom stereocenters. The van der Waals surface area contributed by atoms with Gasteiger partial charge in [-0.1, -0.05) is 36.4 Å². The number of rotatable bonds is 2. The zero-order valence-electron chi connectivity index (χ0n) is 14.6. The molecule has 0 saturated carbocycles. The first-order chi connectivity index (χ1) is 13.2. The van der Waals surface area contributed by atoms with Gasteiger partial charge in [-0.25, -0.2) is 4.98 Å². The molecule has 0 aliphatic heterocycles. The molecule has 0 spiro atoms. The highest BCUT2D eigenvalue weighted by Crippen LogP contribution is 2.28. The van der Waals surface area contributed by atoms with E-state index < -0.39 is 5.91 Å². The van der Waals surface area contributed by atoms with Crippen LogP contribution < -0.4 is 10.9 Å². The standard InChI is InChI=1S/C21H17N3O2S/c25-19(23-16-9-5-7-13-6-1-2-8-14(13)16)15-12-22-21-24(20(15)26)17-10-3-4-11-18(17)27-21/h1-2,5-9,12H,3-4,10-11H2,(H,23,25). The van der Waals surface area contributed by atoms with Crippen LogP contribution in [0.15, 0.2) is 53.5 Å². The molecule has 2 heterocycles. The molecule has 0 fully saturated rings. The second-order valence-corrected chi connectivity index (χ2v) is 7.82. The van der Waals surface area contributed by atoms with Gasteiger partial charge in [0, 0.05) is 27.8 Å². The second-order valence-electron chi connectivity index (χ2n) is 6.75. The number of amides is 1. The van der Waals surface area contributed by atoms with Gasteiger partial charge in [-0.15, -0.1) is 11.3 Å². The molecule has 1 amide bonds. The predicted octanol–water partition coefficient (Wildman–Crippen LogP) is 4.04. The lowest BCUT2D eigenvalue weighted by Crippen LogP contribution is -2.27. The fourth-order valence-electron chi connectivity index (χ4n) is 3.75. The second kappa shape index (κ2) is 6.32. The molecule has 0 saturated heterocycles. The van der Waals surface area contributed by atoms with Gasteiger partial charge in [0.1, 0.15) is 5.56 Å². The van der Waals surface area contributed by atoms with Gasteiger partial charge in [-0.3, -0.25) is 14.0 Å². The van der Waals surface area contributed by atoms with Crippen LogP contribution in [0.2, 0.25) is 0 Å². The summed E-state index contributed by atoms with van der Waals surface area (Å²) >= 11 is 1.56. The lowest BCUT2D eigenvalue weighted by atomic mass is 10.0. The Bertz CT molecular complexity index is 1250. The van der Waals surface area contributed by atoms with Crippen LogP contribution in [0.5, 0.6) is 0 Å².